The Labute approximate surface area is 145 Å². The SMILES string of the molecule is CC.CC1CC2CC(C1)C1(C2)OOC2(CCC(CC(=O)O)CC2)O1. The number of aliphatic carboxylic acids is 1. The van der Waals surface area contributed by atoms with Gasteiger partial charge in [0.05, 0.1) is 0 Å². The first kappa shape index (κ1) is 18.2. The average Bonchev–Trinajstić information content (AvgIpc) is 3.02. The predicted molar refractivity (Wildman–Crippen MR) is 88.9 cm³/mol. The Balaban J connectivity index is 0.000000815. The highest BCUT2D eigenvalue weighted by molar-refractivity contribution is 5.67. The molecule has 2 bridgehead atoms. The van der Waals surface area contributed by atoms with Crippen LogP contribution in [0.4, 0.5) is 0 Å². The van der Waals surface area contributed by atoms with Crippen molar-refractivity contribution in [2.45, 2.75) is 90.1 Å². The predicted octanol–water partition coefficient (Wildman–Crippen LogP) is 4.50. The minimum absolute atomic E-state index is 0.245. The van der Waals surface area contributed by atoms with E-state index in [0.29, 0.717) is 11.8 Å². The summed E-state index contributed by atoms with van der Waals surface area (Å²) >= 11 is 0. The minimum atomic E-state index is -0.708. The molecule has 4 aliphatic rings. The number of hydrogen-bond acceptors (Lipinski definition) is 4. The van der Waals surface area contributed by atoms with E-state index in [4.69, 9.17) is 19.6 Å². The first-order valence-electron chi connectivity index (χ1n) is 9.77. The normalized spacial score (nSPS) is 46.8. The number of hydrogen-bond donors (Lipinski definition) is 1. The fourth-order valence-electron chi connectivity index (χ4n) is 5.32. The van der Waals surface area contributed by atoms with Crippen LogP contribution in [-0.2, 0) is 19.3 Å². The summed E-state index contributed by atoms with van der Waals surface area (Å²) in [7, 11) is 0. The number of carboxylic acid groups (broad SMARTS) is 1. The van der Waals surface area contributed by atoms with Gasteiger partial charge < -0.3 is 9.84 Å². The molecule has 4 atom stereocenters. The van der Waals surface area contributed by atoms with E-state index in [1.807, 2.05) is 13.8 Å². The molecule has 4 fully saturated rings. The summed E-state index contributed by atoms with van der Waals surface area (Å²) in [5.41, 5.74) is 0. The second-order valence-corrected chi connectivity index (χ2v) is 8.11. The van der Waals surface area contributed by atoms with E-state index < -0.39 is 17.5 Å². The van der Waals surface area contributed by atoms with Crippen molar-refractivity contribution in [2.24, 2.45) is 23.7 Å². The van der Waals surface area contributed by atoms with E-state index in [1.54, 1.807) is 0 Å². The lowest BCUT2D eigenvalue weighted by Gasteiger charge is -2.35. The Morgan fingerprint density at radius 3 is 2.50 bits per heavy atom. The molecule has 2 spiro atoms. The molecule has 5 nitrogen and oxygen atoms in total. The van der Waals surface area contributed by atoms with Crippen LogP contribution < -0.4 is 0 Å². The summed E-state index contributed by atoms with van der Waals surface area (Å²) < 4.78 is 6.46. The largest absolute Gasteiger partial charge is 0.481 e. The van der Waals surface area contributed by atoms with Gasteiger partial charge in [0, 0.05) is 31.6 Å². The Kier molecular flexibility index (Phi) is 5.24. The summed E-state index contributed by atoms with van der Waals surface area (Å²) in [5, 5.41) is 8.93. The Hall–Kier alpha value is -0.650. The Morgan fingerprint density at radius 1 is 1.12 bits per heavy atom. The molecule has 3 saturated carbocycles. The van der Waals surface area contributed by atoms with Gasteiger partial charge in [-0.1, -0.05) is 20.8 Å². The summed E-state index contributed by atoms with van der Waals surface area (Å²) in [5.74, 6) is 0.312. The van der Waals surface area contributed by atoms with Crippen LogP contribution in [0.25, 0.3) is 0 Å². The van der Waals surface area contributed by atoms with Gasteiger partial charge in [-0.15, -0.1) is 0 Å². The molecule has 1 N–H and O–H groups in total. The van der Waals surface area contributed by atoms with Gasteiger partial charge >= 0.3 is 5.97 Å². The molecule has 4 rings (SSSR count). The highest BCUT2D eigenvalue weighted by atomic mass is 17.3. The lowest BCUT2D eigenvalue weighted by atomic mass is 9.81. The van der Waals surface area contributed by atoms with Gasteiger partial charge in [-0.25, -0.2) is 0 Å². The maximum Gasteiger partial charge on any atom is 0.303 e. The molecule has 0 radical (unpaired) electrons. The maximum atomic E-state index is 10.9. The van der Waals surface area contributed by atoms with Crippen molar-refractivity contribution in [3.05, 3.63) is 0 Å². The van der Waals surface area contributed by atoms with Crippen LogP contribution >= 0.6 is 0 Å². The number of carboxylic acids is 1. The lowest BCUT2D eigenvalue weighted by molar-refractivity contribution is -0.360. The standard InChI is InChI=1S/C17H26O5.C2H6/c1-11-6-13-8-14(7-11)17(10-13)20-16(21-22-17)4-2-12(3-5-16)9-15(18)19;1-2/h11-14H,2-10H2,1H3,(H,18,19);1-2H3. The monoisotopic (exact) mass is 340 g/mol. The Bertz CT molecular complexity index is 457. The topological polar surface area (TPSA) is 65.0 Å². The molecule has 4 unspecified atom stereocenters. The number of fused-ring (bicyclic) bond motifs is 3. The summed E-state index contributed by atoms with van der Waals surface area (Å²) in [4.78, 5) is 22.4. The molecule has 0 aromatic heterocycles. The van der Waals surface area contributed by atoms with Crippen molar-refractivity contribution in [1.29, 1.82) is 0 Å². The first-order chi connectivity index (χ1) is 11.5. The third-order valence-electron chi connectivity index (χ3n) is 6.26. The van der Waals surface area contributed by atoms with Gasteiger partial charge in [-0.3, -0.25) is 4.79 Å². The fraction of sp³-hybridized carbons (Fsp3) is 0.947. The molecule has 24 heavy (non-hydrogen) atoms. The molecule has 1 saturated heterocycles. The van der Waals surface area contributed by atoms with Crippen molar-refractivity contribution in [3.8, 4) is 0 Å². The van der Waals surface area contributed by atoms with Crippen molar-refractivity contribution in [3.63, 3.8) is 0 Å². The molecule has 1 heterocycles. The van der Waals surface area contributed by atoms with Crippen LogP contribution in [-0.4, -0.2) is 22.7 Å². The molecule has 1 aliphatic heterocycles. The molecule has 5 heteroatoms. The van der Waals surface area contributed by atoms with E-state index >= 15 is 0 Å². The number of rotatable bonds is 2. The lowest BCUT2D eigenvalue weighted by Crippen LogP contribution is -2.41. The van der Waals surface area contributed by atoms with Gasteiger partial charge in [0.2, 0.25) is 11.6 Å². The second kappa shape index (κ2) is 6.93. The molecule has 3 aliphatic carbocycles. The van der Waals surface area contributed by atoms with E-state index in [-0.39, 0.29) is 12.3 Å². The third kappa shape index (κ3) is 3.35. The van der Waals surface area contributed by atoms with E-state index in [9.17, 15) is 4.79 Å². The average molecular weight is 340 g/mol. The zero-order valence-electron chi connectivity index (χ0n) is 15.3. The molecule has 0 amide bonds. The van der Waals surface area contributed by atoms with Crippen molar-refractivity contribution >= 4 is 5.97 Å². The van der Waals surface area contributed by atoms with Gasteiger partial charge in [0.15, 0.2) is 0 Å². The molecule has 138 valence electrons. The van der Waals surface area contributed by atoms with Crippen LogP contribution in [0, 0.1) is 23.7 Å². The van der Waals surface area contributed by atoms with Crippen molar-refractivity contribution in [1.82, 2.24) is 0 Å². The molecule has 0 aromatic rings. The fourth-order valence-corrected chi connectivity index (χ4v) is 5.32. The quantitative estimate of drug-likeness (QED) is 0.750. The highest BCUT2D eigenvalue weighted by Crippen LogP contribution is 2.58. The maximum absolute atomic E-state index is 10.9. The number of ether oxygens (including phenoxy) is 1. The van der Waals surface area contributed by atoms with Gasteiger partial charge in [0.1, 0.15) is 0 Å². The Morgan fingerprint density at radius 2 is 1.83 bits per heavy atom. The van der Waals surface area contributed by atoms with Gasteiger partial charge in [-0.05, 0) is 49.9 Å². The van der Waals surface area contributed by atoms with Gasteiger partial charge in [-0.2, -0.15) is 9.78 Å². The summed E-state index contributed by atoms with van der Waals surface area (Å²) in [6.45, 7) is 6.32. The van der Waals surface area contributed by atoms with Crippen LogP contribution in [0.1, 0.15) is 78.6 Å². The molecule has 0 aromatic carbocycles. The van der Waals surface area contributed by atoms with Crippen LogP contribution in [0.5, 0.6) is 0 Å². The van der Waals surface area contributed by atoms with Crippen LogP contribution in [0.2, 0.25) is 0 Å². The first-order valence-corrected chi connectivity index (χ1v) is 9.77. The molecular formula is C19H32O5. The smallest absolute Gasteiger partial charge is 0.303 e. The zero-order chi connectivity index (χ0) is 17.4. The number of carbonyl (C=O) groups is 1. The highest BCUT2D eigenvalue weighted by Gasteiger charge is 2.62. The van der Waals surface area contributed by atoms with Crippen molar-refractivity contribution < 1.29 is 24.4 Å². The minimum Gasteiger partial charge on any atom is -0.481 e. The van der Waals surface area contributed by atoms with Crippen LogP contribution in [0.3, 0.4) is 0 Å². The summed E-state index contributed by atoms with van der Waals surface area (Å²) in [6, 6.07) is 0. The third-order valence-corrected chi connectivity index (χ3v) is 6.26. The van der Waals surface area contributed by atoms with E-state index in [2.05, 4.69) is 6.92 Å². The van der Waals surface area contributed by atoms with E-state index in [1.165, 1.54) is 12.8 Å². The second-order valence-electron chi connectivity index (χ2n) is 8.11. The van der Waals surface area contributed by atoms with Gasteiger partial charge in [0.25, 0.3) is 0 Å². The zero-order valence-corrected chi connectivity index (χ0v) is 15.3. The molecular weight excluding hydrogens is 308 g/mol. The summed E-state index contributed by atoms with van der Waals surface area (Å²) in [6.07, 6.45) is 8.04. The van der Waals surface area contributed by atoms with Crippen molar-refractivity contribution in [2.75, 3.05) is 0 Å². The van der Waals surface area contributed by atoms with Crippen LogP contribution in [0.15, 0.2) is 0 Å². The van der Waals surface area contributed by atoms with E-state index in [0.717, 1.165) is 44.4 Å².